The van der Waals surface area contributed by atoms with E-state index in [1.807, 2.05) is 12.1 Å². The smallest absolute Gasteiger partial charge is 0.0247 e. The Bertz CT molecular complexity index is 355. The van der Waals surface area contributed by atoms with Crippen LogP contribution in [0.3, 0.4) is 0 Å². The average Bonchev–Trinajstić information content (AvgIpc) is 2.34. The molecule has 0 aliphatic heterocycles. The molecule has 0 N–H and O–H groups in total. The first-order valence-electron chi connectivity index (χ1n) is 5.90. The predicted molar refractivity (Wildman–Crippen MR) is 73.3 cm³/mol. The largest absolute Gasteiger partial charge is 0.0988 e. The van der Waals surface area contributed by atoms with Crippen molar-refractivity contribution < 1.29 is 0 Å². The summed E-state index contributed by atoms with van der Waals surface area (Å²) >= 11 is 0. The fourth-order valence-electron chi connectivity index (χ4n) is 1.58. The molecule has 0 nitrogen and oxygen atoms in total. The molecule has 0 saturated carbocycles. The summed E-state index contributed by atoms with van der Waals surface area (Å²) in [6, 6.07) is 10.4. The van der Waals surface area contributed by atoms with Crippen LogP contribution in [0.1, 0.15) is 31.7 Å². The third kappa shape index (κ3) is 4.79. The third-order valence-corrected chi connectivity index (χ3v) is 2.44. The van der Waals surface area contributed by atoms with Gasteiger partial charge in [0, 0.05) is 0 Å². The molecule has 1 rings (SSSR count). The van der Waals surface area contributed by atoms with E-state index < -0.39 is 0 Å². The van der Waals surface area contributed by atoms with Crippen molar-refractivity contribution in [3.8, 4) is 0 Å². The van der Waals surface area contributed by atoms with Crippen molar-refractivity contribution in [2.24, 2.45) is 0 Å². The number of benzene rings is 1. The minimum atomic E-state index is 1.08. The Morgan fingerprint density at radius 1 is 1.25 bits per heavy atom. The van der Waals surface area contributed by atoms with E-state index in [-0.39, 0.29) is 0 Å². The van der Waals surface area contributed by atoms with E-state index >= 15 is 0 Å². The second-order valence-electron chi connectivity index (χ2n) is 3.74. The summed E-state index contributed by atoms with van der Waals surface area (Å²) in [5, 5.41) is 0. The minimum Gasteiger partial charge on any atom is -0.0988 e. The van der Waals surface area contributed by atoms with Crippen LogP contribution in [0.5, 0.6) is 0 Å². The third-order valence-electron chi connectivity index (χ3n) is 2.44. The summed E-state index contributed by atoms with van der Waals surface area (Å²) in [6.07, 6.45) is 11.8. The maximum atomic E-state index is 3.82. The monoisotopic (exact) mass is 212 g/mol. The van der Waals surface area contributed by atoms with Crippen LogP contribution in [-0.2, 0) is 0 Å². The Hall–Kier alpha value is -1.56. The van der Waals surface area contributed by atoms with Crippen molar-refractivity contribution in [1.29, 1.82) is 0 Å². The molecule has 0 spiro atoms. The van der Waals surface area contributed by atoms with Gasteiger partial charge in [-0.2, -0.15) is 0 Å². The van der Waals surface area contributed by atoms with Gasteiger partial charge in [-0.05, 0) is 24.8 Å². The van der Waals surface area contributed by atoms with Crippen molar-refractivity contribution in [3.05, 3.63) is 66.3 Å². The van der Waals surface area contributed by atoms with Crippen molar-refractivity contribution >= 4 is 6.08 Å². The molecule has 0 saturated heterocycles. The average molecular weight is 212 g/mol. The fraction of sp³-hybridized carbons (Fsp3) is 0.250. The maximum absolute atomic E-state index is 3.82. The first-order chi connectivity index (χ1) is 7.86. The maximum Gasteiger partial charge on any atom is -0.0247 e. The lowest BCUT2D eigenvalue weighted by Crippen LogP contribution is -1.77. The van der Waals surface area contributed by atoms with Gasteiger partial charge in [0.25, 0.3) is 0 Å². The highest BCUT2D eigenvalue weighted by Crippen LogP contribution is 2.09. The van der Waals surface area contributed by atoms with Gasteiger partial charge < -0.3 is 0 Å². The van der Waals surface area contributed by atoms with E-state index in [0.717, 1.165) is 19.3 Å². The van der Waals surface area contributed by atoms with Gasteiger partial charge in [-0.25, -0.2) is 0 Å². The second kappa shape index (κ2) is 7.70. The summed E-state index contributed by atoms with van der Waals surface area (Å²) in [5.41, 5.74) is 2.61. The van der Waals surface area contributed by atoms with Gasteiger partial charge in [0.05, 0.1) is 0 Å². The SMILES string of the molecule is C=CC(=CCC)CCC=Cc1ccccc1. The van der Waals surface area contributed by atoms with E-state index in [9.17, 15) is 0 Å². The Morgan fingerprint density at radius 2 is 2.00 bits per heavy atom. The molecule has 0 aliphatic rings. The lowest BCUT2D eigenvalue weighted by molar-refractivity contribution is 0.995. The summed E-state index contributed by atoms with van der Waals surface area (Å²) in [5.74, 6) is 0. The van der Waals surface area contributed by atoms with Crippen LogP contribution in [0.25, 0.3) is 6.08 Å². The molecule has 0 heterocycles. The van der Waals surface area contributed by atoms with Gasteiger partial charge in [0.15, 0.2) is 0 Å². The molecule has 0 bridgehead atoms. The van der Waals surface area contributed by atoms with Gasteiger partial charge in [-0.3, -0.25) is 0 Å². The predicted octanol–water partition coefficient (Wildman–Crippen LogP) is 5.00. The van der Waals surface area contributed by atoms with Crippen LogP contribution in [0.15, 0.2) is 60.7 Å². The summed E-state index contributed by atoms with van der Waals surface area (Å²) < 4.78 is 0. The van der Waals surface area contributed by atoms with Crippen LogP contribution in [0, 0.1) is 0 Å². The Kier molecular flexibility index (Phi) is 6.02. The molecule has 0 amide bonds. The van der Waals surface area contributed by atoms with Crippen molar-refractivity contribution in [2.75, 3.05) is 0 Å². The minimum absolute atomic E-state index is 1.08. The zero-order chi connectivity index (χ0) is 11.6. The van der Waals surface area contributed by atoms with Gasteiger partial charge >= 0.3 is 0 Å². The zero-order valence-electron chi connectivity index (χ0n) is 10.0. The summed E-state index contributed by atoms with van der Waals surface area (Å²) in [6.45, 7) is 5.98. The van der Waals surface area contributed by atoms with Crippen LogP contribution in [0.2, 0.25) is 0 Å². The fourth-order valence-corrected chi connectivity index (χ4v) is 1.58. The van der Waals surface area contributed by atoms with Crippen LogP contribution in [-0.4, -0.2) is 0 Å². The second-order valence-corrected chi connectivity index (χ2v) is 3.74. The Labute approximate surface area is 99.0 Å². The lowest BCUT2D eigenvalue weighted by atomic mass is 10.1. The first-order valence-corrected chi connectivity index (χ1v) is 5.90. The first kappa shape index (κ1) is 12.5. The highest BCUT2D eigenvalue weighted by Gasteiger charge is 1.89. The molecule has 0 aliphatic carbocycles. The molecule has 0 heteroatoms. The number of hydrogen-bond acceptors (Lipinski definition) is 0. The van der Waals surface area contributed by atoms with E-state index in [1.165, 1.54) is 11.1 Å². The van der Waals surface area contributed by atoms with Gasteiger partial charge in [0.1, 0.15) is 0 Å². The molecule has 0 unspecified atom stereocenters. The molecule has 0 atom stereocenters. The number of rotatable bonds is 6. The molecule has 1 aromatic carbocycles. The Balaban J connectivity index is 2.38. The highest BCUT2D eigenvalue weighted by atomic mass is 13.9. The highest BCUT2D eigenvalue weighted by molar-refractivity contribution is 5.48. The molecule has 16 heavy (non-hydrogen) atoms. The summed E-state index contributed by atoms with van der Waals surface area (Å²) in [4.78, 5) is 0. The molecule has 0 aromatic heterocycles. The number of hydrogen-bond donors (Lipinski definition) is 0. The lowest BCUT2D eigenvalue weighted by Gasteiger charge is -1.98. The quantitative estimate of drug-likeness (QED) is 0.582. The van der Waals surface area contributed by atoms with E-state index in [2.05, 4.69) is 56.0 Å². The van der Waals surface area contributed by atoms with Crippen molar-refractivity contribution in [3.63, 3.8) is 0 Å². The van der Waals surface area contributed by atoms with E-state index in [4.69, 9.17) is 0 Å². The molecular weight excluding hydrogens is 192 g/mol. The standard InChI is InChI=1S/C16H20/c1-3-10-15(4-2)11-8-9-14-16-12-6-5-7-13-16/h4-7,9-10,12-14H,2-3,8,11H2,1H3. The van der Waals surface area contributed by atoms with Crippen LogP contribution in [0.4, 0.5) is 0 Å². The van der Waals surface area contributed by atoms with E-state index in [1.54, 1.807) is 0 Å². The molecule has 84 valence electrons. The number of allylic oxidation sites excluding steroid dienone is 4. The topological polar surface area (TPSA) is 0 Å². The van der Waals surface area contributed by atoms with Gasteiger partial charge in [-0.15, -0.1) is 0 Å². The van der Waals surface area contributed by atoms with Crippen LogP contribution < -0.4 is 0 Å². The molecular formula is C16H20. The summed E-state index contributed by atoms with van der Waals surface area (Å²) in [7, 11) is 0. The molecule has 0 fully saturated rings. The molecule has 1 aromatic rings. The zero-order valence-corrected chi connectivity index (χ0v) is 10.0. The van der Waals surface area contributed by atoms with E-state index in [0.29, 0.717) is 0 Å². The van der Waals surface area contributed by atoms with Crippen molar-refractivity contribution in [2.45, 2.75) is 26.2 Å². The van der Waals surface area contributed by atoms with Gasteiger partial charge in [0.2, 0.25) is 0 Å². The Morgan fingerprint density at radius 3 is 2.62 bits per heavy atom. The van der Waals surface area contributed by atoms with Crippen molar-refractivity contribution in [1.82, 2.24) is 0 Å². The van der Waals surface area contributed by atoms with Gasteiger partial charge in [-0.1, -0.05) is 73.7 Å². The normalized spacial score (nSPS) is 11.9. The van der Waals surface area contributed by atoms with Crippen LogP contribution >= 0.6 is 0 Å². The molecule has 0 radical (unpaired) electrons.